The van der Waals surface area contributed by atoms with Gasteiger partial charge in [0, 0.05) is 53.4 Å². The lowest BCUT2D eigenvalue weighted by atomic mass is 9.93. The van der Waals surface area contributed by atoms with Crippen LogP contribution in [-0.2, 0) is 6.42 Å². The molecule has 43 heavy (non-hydrogen) atoms. The minimum absolute atomic E-state index is 0.0969. The molecular formula is C35H36N6O2. The van der Waals surface area contributed by atoms with Crippen molar-refractivity contribution in [2.45, 2.75) is 56.7 Å². The van der Waals surface area contributed by atoms with Crippen molar-refractivity contribution in [3.63, 3.8) is 0 Å². The predicted octanol–water partition coefficient (Wildman–Crippen LogP) is 4.82. The number of nitrogens with zero attached hydrogens (tertiary/aromatic N) is 5. The summed E-state index contributed by atoms with van der Waals surface area (Å²) >= 11 is 0. The van der Waals surface area contributed by atoms with E-state index in [4.69, 9.17) is 26.1 Å². The van der Waals surface area contributed by atoms with Crippen LogP contribution in [0.4, 0.5) is 5.82 Å². The Morgan fingerprint density at radius 2 is 1.91 bits per heavy atom. The number of fused-ring (bicyclic) bond motifs is 5. The molecular weight excluding hydrogens is 536 g/mol. The topological polar surface area (TPSA) is 86.6 Å². The predicted molar refractivity (Wildman–Crippen MR) is 170 cm³/mol. The Hall–Kier alpha value is -4.19. The van der Waals surface area contributed by atoms with Gasteiger partial charge in [0.25, 0.3) is 0 Å². The van der Waals surface area contributed by atoms with Gasteiger partial charge in [0.15, 0.2) is 0 Å². The summed E-state index contributed by atoms with van der Waals surface area (Å²) in [4.78, 5) is 20.2. The van der Waals surface area contributed by atoms with Crippen LogP contribution in [0.3, 0.4) is 0 Å². The van der Waals surface area contributed by atoms with Crippen LogP contribution in [0.15, 0.2) is 48.7 Å². The maximum Gasteiger partial charge on any atom is 0.319 e. The molecule has 0 amide bonds. The zero-order chi connectivity index (χ0) is 29.1. The zero-order valence-electron chi connectivity index (χ0n) is 24.5. The van der Waals surface area contributed by atoms with Crippen molar-refractivity contribution in [2.24, 2.45) is 0 Å². The standard InChI is InChI=1S/C35H36N6O2/c1-3-22-8-5-9-23-16-26(42)17-28(30(22)23)31-27(4-2)32-29(18-36-31)33(40-19-24-10-11-25(20-40)37-24)39-34(38-32)43-21-35-12-6-14-41(35)15-7-13-35/h1,5,8-11,16-18,24-25,37,42H,4,6-7,12-15,19-21H2,2H3. The average Bonchev–Trinajstić information content (AvgIpc) is 3.71. The van der Waals surface area contributed by atoms with Gasteiger partial charge in [0.1, 0.15) is 18.2 Å². The second kappa shape index (κ2) is 10.2. The number of phenolic OH excluding ortho intramolecular Hbond substituents is 1. The van der Waals surface area contributed by atoms with Gasteiger partial charge in [-0.25, -0.2) is 0 Å². The molecule has 8 rings (SSSR count). The van der Waals surface area contributed by atoms with Crippen molar-refractivity contribution in [1.29, 1.82) is 0 Å². The van der Waals surface area contributed by atoms with Crippen molar-refractivity contribution < 1.29 is 9.84 Å². The quantitative estimate of drug-likeness (QED) is 0.251. The van der Waals surface area contributed by atoms with E-state index >= 15 is 0 Å². The van der Waals surface area contributed by atoms with E-state index in [1.807, 2.05) is 24.4 Å². The third-order valence-corrected chi connectivity index (χ3v) is 9.94. The van der Waals surface area contributed by atoms with Crippen LogP contribution < -0.4 is 15.0 Å². The lowest BCUT2D eigenvalue weighted by molar-refractivity contribution is 0.108. The molecule has 3 saturated heterocycles. The van der Waals surface area contributed by atoms with Crippen molar-refractivity contribution in [1.82, 2.24) is 25.2 Å². The molecule has 2 N–H and O–H groups in total. The van der Waals surface area contributed by atoms with Gasteiger partial charge < -0.3 is 20.1 Å². The number of pyridine rings is 1. The Labute approximate surface area is 251 Å². The first-order valence-corrected chi connectivity index (χ1v) is 15.5. The number of anilines is 1. The molecule has 0 aliphatic carbocycles. The number of rotatable bonds is 6. The molecule has 3 fully saturated rings. The molecule has 8 nitrogen and oxygen atoms in total. The summed E-state index contributed by atoms with van der Waals surface area (Å²) in [7, 11) is 0. The van der Waals surface area contributed by atoms with Crippen LogP contribution in [0.1, 0.15) is 43.7 Å². The highest BCUT2D eigenvalue weighted by Gasteiger charge is 2.45. The Bertz CT molecular complexity index is 1800. The van der Waals surface area contributed by atoms with Crippen molar-refractivity contribution in [3.05, 3.63) is 59.8 Å². The van der Waals surface area contributed by atoms with E-state index in [1.165, 1.54) is 12.8 Å². The number of hydrogen-bond donors (Lipinski definition) is 2. The average molecular weight is 573 g/mol. The number of nitrogens with one attached hydrogen (secondary N) is 1. The maximum atomic E-state index is 10.7. The summed E-state index contributed by atoms with van der Waals surface area (Å²) in [6.07, 6.45) is 17.8. The molecule has 2 bridgehead atoms. The fourth-order valence-electron chi connectivity index (χ4n) is 7.96. The van der Waals surface area contributed by atoms with Crippen LogP contribution in [0.5, 0.6) is 11.8 Å². The highest BCUT2D eigenvalue weighted by molar-refractivity contribution is 6.04. The van der Waals surface area contributed by atoms with E-state index in [-0.39, 0.29) is 23.4 Å². The SMILES string of the molecule is C#Cc1cccc2cc(O)cc(-c3ncc4c(N5CC6C=CC(C5)N6)nc(OCC56CCCN5CCC6)nc4c3CC)c12. The largest absolute Gasteiger partial charge is 0.508 e. The van der Waals surface area contributed by atoms with Crippen LogP contribution in [0.25, 0.3) is 32.9 Å². The fourth-order valence-corrected chi connectivity index (χ4v) is 7.96. The highest BCUT2D eigenvalue weighted by Crippen LogP contribution is 2.41. The number of ether oxygens (including phenoxy) is 1. The van der Waals surface area contributed by atoms with Crippen LogP contribution in [0.2, 0.25) is 0 Å². The Kier molecular flexibility index (Phi) is 6.28. The molecule has 8 heteroatoms. The fraction of sp³-hybridized carbons (Fsp3) is 0.400. The van der Waals surface area contributed by atoms with E-state index in [2.05, 4.69) is 40.1 Å². The van der Waals surface area contributed by atoms with Gasteiger partial charge in [-0.3, -0.25) is 9.88 Å². The summed E-state index contributed by atoms with van der Waals surface area (Å²) in [6, 6.07) is 10.3. The number of aromatic hydroxyl groups is 1. The number of terminal acetylenes is 1. The normalized spacial score (nSPS) is 22.4. The van der Waals surface area contributed by atoms with Gasteiger partial charge in [-0.05, 0) is 68.8 Å². The molecule has 2 atom stereocenters. The molecule has 0 spiro atoms. The minimum atomic E-state index is 0.0969. The van der Waals surface area contributed by atoms with Crippen LogP contribution in [0, 0.1) is 12.3 Å². The molecule has 4 aromatic rings. The van der Waals surface area contributed by atoms with Gasteiger partial charge in [0.05, 0.1) is 22.1 Å². The van der Waals surface area contributed by atoms with Gasteiger partial charge in [0.2, 0.25) is 0 Å². The molecule has 4 aliphatic heterocycles. The molecule has 4 aliphatic rings. The second-order valence-electron chi connectivity index (χ2n) is 12.4. The Morgan fingerprint density at radius 1 is 1.12 bits per heavy atom. The van der Waals surface area contributed by atoms with E-state index in [1.54, 1.807) is 12.1 Å². The first kappa shape index (κ1) is 26.4. The lowest BCUT2D eigenvalue weighted by Gasteiger charge is -2.35. The summed E-state index contributed by atoms with van der Waals surface area (Å²) in [6.45, 7) is 6.67. The maximum absolute atomic E-state index is 10.7. The minimum Gasteiger partial charge on any atom is -0.508 e. The molecule has 2 unspecified atom stereocenters. The number of hydrogen-bond acceptors (Lipinski definition) is 8. The molecule has 0 saturated carbocycles. The number of aryl methyl sites for hydroxylation is 1. The number of piperazine rings is 1. The first-order chi connectivity index (χ1) is 21.0. The number of aromatic nitrogens is 3. The summed E-state index contributed by atoms with van der Waals surface area (Å²) in [5.74, 6) is 3.87. The Balaban J connectivity index is 1.30. The van der Waals surface area contributed by atoms with Gasteiger partial charge in [-0.1, -0.05) is 37.1 Å². The van der Waals surface area contributed by atoms with Gasteiger partial charge in [-0.15, -0.1) is 6.42 Å². The van der Waals surface area contributed by atoms with Crippen LogP contribution in [-0.4, -0.2) is 75.4 Å². The van der Waals surface area contributed by atoms with E-state index in [0.717, 1.165) is 88.9 Å². The van der Waals surface area contributed by atoms with Gasteiger partial charge in [-0.2, -0.15) is 9.97 Å². The summed E-state index contributed by atoms with van der Waals surface area (Å²) in [5.41, 5.74) is 4.27. The van der Waals surface area contributed by atoms with Crippen molar-refractivity contribution in [2.75, 3.05) is 37.7 Å². The first-order valence-electron chi connectivity index (χ1n) is 15.5. The third kappa shape index (κ3) is 4.33. The lowest BCUT2D eigenvalue weighted by Crippen LogP contribution is -2.52. The van der Waals surface area contributed by atoms with E-state index in [0.29, 0.717) is 19.0 Å². The summed E-state index contributed by atoms with van der Waals surface area (Å²) in [5, 5.41) is 17.1. The van der Waals surface area contributed by atoms with Crippen molar-refractivity contribution in [3.8, 4) is 35.4 Å². The molecule has 6 heterocycles. The smallest absolute Gasteiger partial charge is 0.319 e. The molecule has 2 aromatic heterocycles. The summed E-state index contributed by atoms with van der Waals surface area (Å²) < 4.78 is 6.57. The molecule has 218 valence electrons. The molecule has 0 radical (unpaired) electrons. The molecule has 2 aromatic carbocycles. The third-order valence-electron chi connectivity index (χ3n) is 9.94. The number of phenols is 1. The Morgan fingerprint density at radius 3 is 2.65 bits per heavy atom. The zero-order valence-corrected chi connectivity index (χ0v) is 24.5. The van der Waals surface area contributed by atoms with Gasteiger partial charge >= 0.3 is 6.01 Å². The highest BCUT2D eigenvalue weighted by atomic mass is 16.5. The monoisotopic (exact) mass is 572 g/mol. The second-order valence-corrected chi connectivity index (χ2v) is 12.4. The van der Waals surface area contributed by atoms with Crippen molar-refractivity contribution >= 4 is 27.5 Å². The number of benzene rings is 2. The van der Waals surface area contributed by atoms with E-state index in [9.17, 15) is 5.11 Å². The van der Waals surface area contributed by atoms with Crippen LogP contribution >= 0.6 is 0 Å². The van der Waals surface area contributed by atoms with E-state index < -0.39 is 0 Å².